The van der Waals surface area contributed by atoms with Gasteiger partial charge >= 0.3 is 0 Å². The summed E-state index contributed by atoms with van der Waals surface area (Å²) in [4.78, 5) is 2.17. The molecule has 1 atom stereocenters. The quantitative estimate of drug-likeness (QED) is 0.611. The molecule has 10 heteroatoms. The highest BCUT2D eigenvalue weighted by Crippen LogP contribution is 2.31. The third kappa shape index (κ3) is 5.13. The van der Waals surface area contributed by atoms with Crippen LogP contribution < -0.4 is 5.32 Å². The molecule has 1 aromatic heterocycles. The summed E-state index contributed by atoms with van der Waals surface area (Å²) in [6.45, 7) is 7.40. The van der Waals surface area contributed by atoms with Crippen molar-refractivity contribution < 1.29 is 8.42 Å². The van der Waals surface area contributed by atoms with Gasteiger partial charge in [0.05, 0.1) is 28.9 Å². The minimum Gasteiger partial charge on any atom is -0.329 e. The first-order chi connectivity index (χ1) is 13.2. The Labute approximate surface area is 180 Å². The van der Waals surface area contributed by atoms with Crippen molar-refractivity contribution in [1.82, 2.24) is 14.7 Å². The summed E-state index contributed by atoms with van der Waals surface area (Å²) in [5.74, 6) is 0.478. The molecule has 1 fully saturated rings. The van der Waals surface area contributed by atoms with E-state index in [1.54, 1.807) is 4.68 Å². The lowest BCUT2D eigenvalue weighted by molar-refractivity contribution is 0.156. The fraction of sp³-hybridized carbons (Fsp3) is 0.556. The molecular weight excluding hydrogens is 436 g/mol. The number of benzene rings is 1. The van der Waals surface area contributed by atoms with Crippen LogP contribution in [0.15, 0.2) is 12.1 Å². The van der Waals surface area contributed by atoms with Crippen molar-refractivity contribution in [3.63, 3.8) is 0 Å². The van der Waals surface area contributed by atoms with E-state index in [0.29, 0.717) is 27.2 Å². The van der Waals surface area contributed by atoms with Crippen molar-refractivity contribution >= 4 is 55.8 Å². The van der Waals surface area contributed by atoms with Crippen LogP contribution >= 0.6 is 35.2 Å². The minimum absolute atomic E-state index is 0.0266. The van der Waals surface area contributed by atoms with Crippen LogP contribution in [0.1, 0.15) is 30.9 Å². The van der Waals surface area contributed by atoms with E-state index in [2.05, 4.69) is 28.3 Å². The Morgan fingerprint density at radius 2 is 2.18 bits per heavy atom. The third-order valence-corrected chi connectivity index (χ3v) is 8.09. The molecule has 1 N–H and O–H groups in total. The van der Waals surface area contributed by atoms with Crippen molar-refractivity contribution in [2.24, 2.45) is 0 Å². The fourth-order valence-electron chi connectivity index (χ4n) is 3.52. The molecule has 2 heterocycles. The monoisotopic (exact) mass is 460 g/mol. The number of sulfone groups is 1. The molecule has 1 unspecified atom stereocenters. The smallest absolute Gasteiger partial charge is 0.209 e. The summed E-state index contributed by atoms with van der Waals surface area (Å²) in [6.07, 6.45) is 1.61. The van der Waals surface area contributed by atoms with Crippen LogP contribution in [0.2, 0.25) is 5.02 Å². The van der Waals surface area contributed by atoms with Gasteiger partial charge < -0.3 is 5.32 Å². The molecule has 6 nitrogen and oxygen atoms in total. The highest BCUT2D eigenvalue weighted by Gasteiger charge is 2.32. The van der Waals surface area contributed by atoms with Gasteiger partial charge in [0.1, 0.15) is 0 Å². The zero-order valence-corrected chi connectivity index (χ0v) is 19.4. The van der Waals surface area contributed by atoms with Gasteiger partial charge in [0.25, 0.3) is 0 Å². The molecule has 1 aliphatic heterocycles. The Balaban J connectivity index is 1.79. The van der Waals surface area contributed by atoms with Crippen LogP contribution in [0.3, 0.4) is 0 Å². The number of nitrogens with zero attached hydrogens (tertiary/aromatic N) is 3. The van der Waals surface area contributed by atoms with Crippen LogP contribution in [-0.2, 0) is 16.5 Å². The number of anilines is 2. The van der Waals surface area contributed by atoms with Gasteiger partial charge in [0.15, 0.2) is 13.8 Å². The van der Waals surface area contributed by atoms with Crippen molar-refractivity contribution in [3.8, 4) is 0 Å². The summed E-state index contributed by atoms with van der Waals surface area (Å²) in [6, 6.07) is 4.00. The largest absolute Gasteiger partial charge is 0.329 e. The second-order valence-electron chi connectivity index (χ2n) is 7.25. The maximum absolute atomic E-state index is 11.9. The Morgan fingerprint density at radius 3 is 2.79 bits per heavy atom. The molecule has 0 radical (unpaired) electrons. The van der Waals surface area contributed by atoms with E-state index in [1.807, 2.05) is 19.9 Å². The van der Waals surface area contributed by atoms with Crippen LogP contribution in [0.5, 0.6) is 0 Å². The molecule has 0 aliphatic carbocycles. The van der Waals surface area contributed by atoms with Crippen molar-refractivity contribution in [3.05, 3.63) is 32.2 Å². The lowest BCUT2D eigenvalue weighted by Crippen LogP contribution is -2.38. The molecule has 1 aromatic carbocycles. The summed E-state index contributed by atoms with van der Waals surface area (Å²) < 4.78 is 26.2. The SMILES string of the molecule is CCCN(Cn1nc(Nc2c(C)cc(C)cc2Cl)sc1=S)C1CCS(=O)(=O)C1. The number of aryl methyl sites for hydroxylation is 2. The van der Waals surface area contributed by atoms with Crippen molar-refractivity contribution in [1.29, 1.82) is 0 Å². The summed E-state index contributed by atoms with van der Waals surface area (Å²) >= 11 is 13.3. The standard InChI is InChI=1S/C18H25ClN4O2S3/c1-4-6-22(14-5-7-28(24,25)10-14)11-23-18(26)27-17(21-23)20-16-13(3)8-12(2)9-15(16)19/h8-9,14H,4-7,10-11H2,1-3H3,(H,20,21). The summed E-state index contributed by atoms with van der Waals surface area (Å²) in [5, 5.41) is 9.22. The van der Waals surface area contributed by atoms with Crippen LogP contribution in [0, 0.1) is 17.8 Å². The second-order valence-corrected chi connectivity index (χ2v) is 11.5. The molecular formula is C18H25ClN4O2S3. The number of hydrogen-bond acceptors (Lipinski definition) is 7. The van der Waals surface area contributed by atoms with Gasteiger partial charge in [-0.05, 0) is 62.6 Å². The van der Waals surface area contributed by atoms with Gasteiger partial charge in [-0.25, -0.2) is 13.1 Å². The maximum atomic E-state index is 11.9. The lowest BCUT2D eigenvalue weighted by atomic mass is 10.1. The van der Waals surface area contributed by atoms with E-state index in [9.17, 15) is 8.42 Å². The predicted octanol–water partition coefficient (Wildman–Crippen LogP) is 4.54. The van der Waals surface area contributed by atoms with E-state index in [-0.39, 0.29) is 17.5 Å². The molecule has 1 saturated heterocycles. The molecule has 28 heavy (non-hydrogen) atoms. The molecule has 3 rings (SSSR count). The van der Waals surface area contributed by atoms with E-state index < -0.39 is 9.84 Å². The van der Waals surface area contributed by atoms with Crippen LogP contribution in [-0.4, -0.2) is 47.2 Å². The molecule has 2 aromatic rings. The fourth-order valence-corrected chi connectivity index (χ4v) is 6.65. The van der Waals surface area contributed by atoms with Crippen molar-refractivity contribution in [2.45, 2.75) is 46.3 Å². The van der Waals surface area contributed by atoms with Gasteiger partial charge in [-0.3, -0.25) is 4.90 Å². The molecule has 1 aliphatic rings. The van der Waals surface area contributed by atoms with Gasteiger partial charge in [-0.15, -0.1) is 5.10 Å². The van der Waals surface area contributed by atoms with Gasteiger partial charge in [-0.1, -0.05) is 35.9 Å². The molecule has 0 spiro atoms. The topological polar surface area (TPSA) is 67.2 Å². The third-order valence-electron chi connectivity index (χ3n) is 4.82. The normalized spacial score (nSPS) is 18.7. The zero-order chi connectivity index (χ0) is 20.5. The number of aromatic nitrogens is 2. The first-order valence-corrected chi connectivity index (χ1v) is 12.7. The van der Waals surface area contributed by atoms with Crippen LogP contribution in [0.25, 0.3) is 0 Å². The van der Waals surface area contributed by atoms with E-state index in [1.165, 1.54) is 11.3 Å². The molecule has 0 bridgehead atoms. The van der Waals surface area contributed by atoms with E-state index in [0.717, 1.165) is 29.8 Å². The number of rotatable bonds is 7. The Kier molecular flexibility index (Phi) is 6.81. The second kappa shape index (κ2) is 8.79. The molecule has 154 valence electrons. The highest BCUT2D eigenvalue weighted by molar-refractivity contribution is 7.91. The van der Waals surface area contributed by atoms with Crippen molar-refractivity contribution in [2.75, 3.05) is 23.4 Å². The van der Waals surface area contributed by atoms with Gasteiger partial charge in [0.2, 0.25) is 5.13 Å². The number of nitrogens with one attached hydrogen (secondary N) is 1. The number of hydrogen-bond donors (Lipinski definition) is 1. The Morgan fingerprint density at radius 1 is 1.43 bits per heavy atom. The Hall–Kier alpha value is -1.00. The maximum Gasteiger partial charge on any atom is 0.209 e. The minimum atomic E-state index is -2.93. The first-order valence-electron chi connectivity index (χ1n) is 9.24. The summed E-state index contributed by atoms with van der Waals surface area (Å²) in [5.41, 5.74) is 2.98. The van der Waals surface area contributed by atoms with E-state index in [4.69, 9.17) is 23.8 Å². The van der Waals surface area contributed by atoms with Gasteiger partial charge in [-0.2, -0.15) is 0 Å². The first kappa shape index (κ1) is 21.7. The predicted molar refractivity (Wildman–Crippen MR) is 119 cm³/mol. The van der Waals surface area contributed by atoms with E-state index >= 15 is 0 Å². The average Bonchev–Trinajstić information content (AvgIpc) is 3.12. The van der Waals surface area contributed by atoms with Gasteiger partial charge in [0, 0.05) is 6.04 Å². The molecule has 0 amide bonds. The highest BCUT2D eigenvalue weighted by atomic mass is 35.5. The lowest BCUT2D eigenvalue weighted by Gasteiger charge is -2.27. The zero-order valence-electron chi connectivity index (χ0n) is 16.2. The molecule has 0 saturated carbocycles. The number of halogens is 1. The average molecular weight is 461 g/mol. The Bertz CT molecular complexity index is 993. The summed E-state index contributed by atoms with van der Waals surface area (Å²) in [7, 11) is -2.93. The van der Waals surface area contributed by atoms with Crippen LogP contribution in [0.4, 0.5) is 10.8 Å².